The molecule has 2 fully saturated rings. The van der Waals surface area contributed by atoms with E-state index in [0.717, 1.165) is 45.0 Å². The number of piperidine rings is 2. The van der Waals surface area contributed by atoms with Gasteiger partial charge in [-0.25, -0.2) is 13.2 Å². The van der Waals surface area contributed by atoms with E-state index in [1.165, 1.54) is 6.07 Å². The molecule has 0 atom stereocenters. The summed E-state index contributed by atoms with van der Waals surface area (Å²) < 4.78 is 40.3. The van der Waals surface area contributed by atoms with Gasteiger partial charge in [-0.2, -0.15) is 0 Å². The van der Waals surface area contributed by atoms with Gasteiger partial charge in [-0.3, -0.25) is 9.69 Å². The molecule has 0 radical (unpaired) electrons. The van der Waals surface area contributed by atoms with Crippen molar-refractivity contribution in [2.24, 2.45) is 5.41 Å². The molecule has 0 unspecified atom stereocenters. The Kier molecular flexibility index (Phi) is 5.09. The second kappa shape index (κ2) is 6.98. The predicted octanol–water partition coefficient (Wildman–Crippen LogP) is 3.72. The van der Waals surface area contributed by atoms with Gasteiger partial charge in [0.05, 0.1) is 0 Å². The molecule has 0 N–H and O–H groups in total. The molecule has 6 heteroatoms. The number of benzene rings is 1. The van der Waals surface area contributed by atoms with E-state index in [1.807, 2.05) is 18.7 Å². The van der Waals surface area contributed by atoms with Crippen LogP contribution in [-0.2, 0) is 11.3 Å². The standard InChI is InChI=1S/C19H25F3N2O/c1-13(2)24-12-19(6-5-16(24)25)7-9-23(10-8-19)11-14-3-4-15(20)18(22)17(14)21/h3-4,13H,5-12H2,1-2H3. The van der Waals surface area contributed by atoms with E-state index in [-0.39, 0.29) is 29.5 Å². The lowest BCUT2D eigenvalue weighted by Gasteiger charge is -2.48. The Bertz CT molecular complexity index is 654. The number of hydrogen-bond donors (Lipinski definition) is 0. The van der Waals surface area contributed by atoms with Crippen LogP contribution in [0.5, 0.6) is 0 Å². The number of likely N-dealkylation sites (tertiary alicyclic amines) is 2. The largest absolute Gasteiger partial charge is 0.340 e. The molecule has 1 aromatic rings. The van der Waals surface area contributed by atoms with Crippen LogP contribution >= 0.6 is 0 Å². The summed E-state index contributed by atoms with van der Waals surface area (Å²) in [4.78, 5) is 16.1. The lowest BCUT2D eigenvalue weighted by atomic mass is 9.72. The van der Waals surface area contributed by atoms with Gasteiger partial charge in [0.25, 0.3) is 0 Å². The molecule has 25 heavy (non-hydrogen) atoms. The smallest absolute Gasteiger partial charge is 0.222 e. The molecule has 1 aromatic carbocycles. The fourth-order valence-electron chi connectivity index (χ4n) is 4.04. The Labute approximate surface area is 146 Å². The molecule has 2 aliphatic rings. The number of halogens is 3. The third kappa shape index (κ3) is 3.68. The minimum Gasteiger partial charge on any atom is -0.340 e. The first-order chi connectivity index (χ1) is 11.8. The average molecular weight is 354 g/mol. The van der Waals surface area contributed by atoms with E-state index in [2.05, 4.69) is 4.90 Å². The molecule has 0 aromatic heterocycles. The monoisotopic (exact) mass is 354 g/mol. The van der Waals surface area contributed by atoms with Crippen molar-refractivity contribution in [1.29, 1.82) is 0 Å². The highest BCUT2D eigenvalue weighted by molar-refractivity contribution is 5.77. The molecule has 1 amide bonds. The third-order valence-corrected chi connectivity index (χ3v) is 5.74. The molecule has 2 aliphatic heterocycles. The van der Waals surface area contributed by atoms with Crippen LogP contribution in [0, 0.1) is 22.9 Å². The molecule has 1 spiro atoms. The Morgan fingerprint density at radius 1 is 1.08 bits per heavy atom. The summed E-state index contributed by atoms with van der Waals surface area (Å²) in [5.74, 6) is -3.41. The third-order valence-electron chi connectivity index (χ3n) is 5.74. The van der Waals surface area contributed by atoms with Gasteiger partial charge in [0.15, 0.2) is 17.5 Å². The van der Waals surface area contributed by atoms with Crippen LogP contribution in [0.25, 0.3) is 0 Å². The van der Waals surface area contributed by atoms with Gasteiger partial charge in [0.2, 0.25) is 5.91 Å². The van der Waals surface area contributed by atoms with Crippen LogP contribution in [0.15, 0.2) is 12.1 Å². The second-order valence-corrected chi connectivity index (χ2v) is 7.73. The number of carbonyl (C=O) groups excluding carboxylic acids is 1. The van der Waals surface area contributed by atoms with Gasteiger partial charge < -0.3 is 4.90 Å². The zero-order valence-corrected chi connectivity index (χ0v) is 14.8. The summed E-state index contributed by atoms with van der Waals surface area (Å²) in [5.41, 5.74) is 0.332. The van der Waals surface area contributed by atoms with Crippen LogP contribution in [0.1, 0.15) is 45.1 Å². The number of nitrogens with zero attached hydrogens (tertiary/aromatic N) is 2. The van der Waals surface area contributed by atoms with Gasteiger partial charge in [-0.15, -0.1) is 0 Å². The predicted molar refractivity (Wildman–Crippen MR) is 89.3 cm³/mol. The highest BCUT2D eigenvalue weighted by Crippen LogP contribution is 2.41. The second-order valence-electron chi connectivity index (χ2n) is 7.73. The molecular formula is C19H25F3N2O. The topological polar surface area (TPSA) is 23.6 Å². The van der Waals surface area contributed by atoms with Gasteiger partial charge in [-0.1, -0.05) is 6.07 Å². The van der Waals surface area contributed by atoms with Gasteiger partial charge in [-0.05, 0) is 57.7 Å². The average Bonchev–Trinajstić information content (AvgIpc) is 2.59. The van der Waals surface area contributed by atoms with E-state index in [9.17, 15) is 18.0 Å². The van der Waals surface area contributed by atoms with Gasteiger partial charge in [0.1, 0.15) is 0 Å². The molecule has 3 nitrogen and oxygen atoms in total. The first kappa shape index (κ1) is 18.2. The minimum atomic E-state index is -1.40. The summed E-state index contributed by atoms with van der Waals surface area (Å²) in [6, 6.07) is 2.50. The van der Waals surface area contributed by atoms with Crippen molar-refractivity contribution in [3.05, 3.63) is 35.1 Å². The van der Waals surface area contributed by atoms with E-state index >= 15 is 0 Å². The number of hydrogen-bond acceptors (Lipinski definition) is 2. The van der Waals surface area contributed by atoms with Crippen molar-refractivity contribution in [2.45, 2.75) is 52.1 Å². The van der Waals surface area contributed by atoms with Crippen molar-refractivity contribution in [3.63, 3.8) is 0 Å². The molecule has 2 saturated heterocycles. The highest BCUT2D eigenvalue weighted by atomic mass is 19.2. The minimum absolute atomic E-state index is 0.140. The van der Waals surface area contributed by atoms with E-state index in [1.54, 1.807) is 0 Å². The van der Waals surface area contributed by atoms with Crippen molar-refractivity contribution in [2.75, 3.05) is 19.6 Å². The summed E-state index contributed by atoms with van der Waals surface area (Å²) in [5, 5.41) is 0. The summed E-state index contributed by atoms with van der Waals surface area (Å²) in [6.45, 7) is 6.70. The van der Waals surface area contributed by atoms with E-state index < -0.39 is 17.5 Å². The van der Waals surface area contributed by atoms with Crippen LogP contribution in [0.3, 0.4) is 0 Å². The summed E-state index contributed by atoms with van der Waals surface area (Å²) in [7, 11) is 0. The Balaban J connectivity index is 1.62. The van der Waals surface area contributed by atoms with Crippen molar-refractivity contribution in [1.82, 2.24) is 9.80 Å². The number of amides is 1. The molecule has 0 aliphatic carbocycles. The maximum atomic E-state index is 13.9. The first-order valence-corrected chi connectivity index (χ1v) is 8.95. The van der Waals surface area contributed by atoms with Crippen LogP contribution in [0.2, 0.25) is 0 Å². The lowest BCUT2D eigenvalue weighted by molar-refractivity contribution is -0.141. The Morgan fingerprint density at radius 3 is 2.40 bits per heavy atom. The quantitative estimate of drug-likeness (QED) is 0.773. The highest BCUT2D eigenvalue weighted by Gasteiger charge is 2.41. The van der Waals surface area contributed by atoms with Crippen molar-refractivity contribution in [3.8, 4) is 0 Å². The number of carbonyl (C=O) groups is 1. The molecular weight excluding hydrogens is 329 g/mol. The SMILES string of the molecule is CC(C)N1CC2(CCC1=O)CCN(Cc1ccc(F)c(F)c1F)CC2. The molecule has 3 rings (SSSR count). The Hall–Kier alpha value is -1.56. The molecule has 138 valence electrons. The maximum Gasteiger partial charge on any atom is 0.222 e. The fraction of sp³-hybridized carbons (Fsp3) is 0.632. The zero-order valence-electron chi connectivity index (χ0n) is 14.8. The molecule has 0 saturated carbocycles. The van der Waals surface area contributed by atoms with Crippen LogP contribution in [-0.4, -0.2) is 41.4 Å². The van der Waals surface area contributed by atoms with Crippen molar-refractivity contribution >= 4 is 5.91 Å². The van der Waals surface area contributed by atoms with E-state index in [0.29, 0.717) is 6.42 Å². The van der Waals surface area contributed by atoms with Crippen molar-refractivity contribution < 1.29 is 18.0 Å². The summed E-state index contributed by atoms with van der Waals surface area (Å²) >= 11 is 0. The lowest BCUT2D eigenvalue weighted by Crippen LogP contribution is -2.53. The van der Waals surface area contributed by atoms with Gasteiger partial charge in [0, 0.05) is 31.1 Å². The number of rotatable bonds is 3. The maximum absolute atomic E-state index is 13.9. The molecule has 2 heterocycles. The van der Waals surface area contributed by atoms with Crippen LogP contribution < -0.4 is 0 Å². The first-order valence-electron chi connectivity index (χ1n) is 8.95. The Morgan fingerprint density at radius 2 is 1.76 bits per heavy atom. The van der Waals surface area contributed by atoms with Crippen LogP contribution in [0.4, 0.5) is 13.2 Å². The zero-order chi connectivity index (χ0) is 18.2. The fourth-order valence-corrected chi connectivity index (χ4v) is 4.04. The normalized spacial score (nSPS) is 21.4. The summed E-state index contributed by atoms with van der Waals surface area (Å²) in [6.07, 6.45) is 3.38. The van der Waals surface area contributed by atoms with E-state index in [4.69, 9.17) is 0 Å². The molecule has 0 bridgehead atoms. The van der Waals surface area contributed by atoms with Gasteiger partial charge >= 0.3 is 0 Å².